The number of para-hydroxylation sites is 1. The monoisotopic (exact) mass is 470 g/mol. The van der Waals surface area contributed by atoms with Gasteiger partial charge in [-0.3, -0.25) is 4.79 Å². The van der Waals surface area contributed by atoms with E-state index in [-0.39, 0.29) is 17.4 Å². The fraction of sp³-hybridized carbons (Fsp3) is 0.241. The molecule has 1 unspecified atom stereocenters. The second kappa shape index (κ2) is 10.5. The van der Waals surface area contributed by atoms with Crippen LogP contribution in [-0.4, -0.2) is 35.1 Å². The molecule has 0 saturated heterocycles. The molecule has 0 spiro atoms. The zero-order valence-electron chi connectivity index (χ0n) is 20.2. The predicted octanol–water partition coefficient (Wildman–Crippen LogP) is 6.22. The van der Waals surface area contributed by atoms with Crippen molar-refractivity contribution in [3.05, 3.63) is 89.1 Å². The van der Waals surface area contributed by atoms with Gasteiger partial charge in [0, 0.05) is 29.6 Å². The highest BCUT2D eigenvalue weighted by atomic mass is 16.5. The largest absolute Gasteiger partial charge is 0.494 e. The van der Waals surface area contributed by atoms with E-state index in [1.54, 1.807) is 18.2 Å². The highest BCUT2D eigenvalue weighted by molar-refractivity contribution is 6.03. The molecule has 0 bridgehead atoms. The number of carboxylic acid groups (broad SMARTS) is 1. The molecule has 0 radical (unpaired) electrons. The number of nitrogens with one attached hydrogen (secondary N) is 2. The summed E-state index contributed by atoms with van der Waals surface area (Å²) in [4.78, 5) is 28.7. The first-order chi connectivity index (χ1) is 17.0. The van der Waals surface area contributed by atoms with E-state index in [1.807, 2.05) is 69.4 Å². The number of aromatic nitrogens is 1. The maximum atomic E-state index is 13.1. The van der Waals surface area contributed by atoms with Gasteiger partial charge < -0.3 is 20.1 Å². The van der Waals surface area contributed by atoms with Gasteiger partial charge in [-0.2, -0.15) is 0 Å². The van der Waals surface area contributed by atoms with Crippen molar-refractivity contribution in [2.75, 3.05) is 13.2 Å². The van der Waals surface area contributed by atoms with Crippen molar-refractivity contribution in [1.29, 1.82) is 0 Å². The zero-order chi connectivity index (χ0) is 24.9. The number of carbonyl (C=O) groups excluding carboxylic acids is 1. The Labute approximate surface area is 205 Å². The Morgan fingerprint density at radius 2 is 1.80 bits per heavy atom. The van der Waals surface area contributed by atoms with Crippen LogP contribution in [0.25, 0.3) is 22.0 Å². The fourth-order valence-electron chi connectivity index (χ4n) is 4.57. The molecule has 1 atom stereocenters. The second-order valence-corrected chi connectivity index (χ2v) is 8.50. The average molecular weight is 471 g/mol. The van der Waals surface area contributed by atoms with Crippen molar-refractivity contribution < 1.29 is 19.4 Å². The van der Waals surface area contributed by atoms with Crippen molar-refractivity contribution in [1.82, 2.24) is 10.3 Å². The summed E-state index contributed by atoms with van der Waals surface area (Å²) in [5.41, 5.74) is 4.71. The number of amides is 1. The van der Waals surface area contributed by atoms with E-state index < -0.39 is 5.97 Å². The Kier molecular flexibility index (Phi) is 7.20. The maximum Gasteiger partial charge on any atom is 0.336 e. The van der Waals surface area contributed by atoms with Crippen molar-refractivity contribution in [2.45, 2.75) is 33.1 Å². The molecule has 1 heterocycles. The van der Waals surface area contributed by atoms with E-state index in [2.05, 4.69) is 10.3 Å². The van der Waals surface area contributed by atoms with Crippen molar-refractivity contribution in [3.8, 4) is 16.9 Å². The highest BCUT2D eigenvalue weighted by Crippen LogP contribution is 2.40. The number of carboxylic acids is 1. The molecule has 6 nitrogen and oxygen atoms in total. The summed E-state index contributed by atoms with van der Waals surface area (Å²) in [7, 11) is 0. The molecular formula is C29H30N2O4. The third-order valence-corrected chi connectivity index (χ3v) is 6.19. The number of hydrogen-bond donors (Lipinski definition) is 3. The first-order valence-corrected chi connectivity index (χ1v) is 11.9. The molecular weight excluding hydrogens is 440 g/mol. The first kappa shape index (κ1) is 24.1. The molecule has 3 aromatic carbocycles. The number of rotatable bonds is 9. The molecule has 0 saturated carbocycles. The van der Waals surface area contributed by atoms with Gasteiger partial charge in [0.15, 0.2) is 0 Å². The number of aromatic carboxylic acids is 1. The van der Waals surface area contributed by atoms with E-state index in [9.17, 15) is 14.7 Å². The summed E-state index contributed by atoms with van der Waals surface area (Å²) in [6, 6.07) is 18.6. The zero-order valence-corrected chi connectivity index (χ0v) is 20.2. The topological polar surface area (TPSA) is 91.4 Å². The van der Waals surface area contributed by atoms with Gasteiger partial charge in [0.2, 0.25) is 0 Å². The molecule has 1 aromatic heterocycles. The quantitative estimate of drug-likeness (QED) is 0.271. The fourth-order valence-corrected chi connectivity index (χ4v) is 4.57. The molecule has 4 rings (SSSR count). The van der Waals surface area contributed by atoms with Gasteiger partial charge in [0.25, 0.3) is 5.91 Å². The summed E-state index contributed by atoms with van der Waals surface area (Å²) in [6.07, 6.45) is 2.79. The molecule has 35 heavy (non-hydrogen) atoms. The van der Waals surface area contributed by atoms with E-state index in [1.165, 1.54) is 0 Å². The number of benzene rings is 3. The van der Waals surface area contributed by atoms with Gasteiger partial charge >= 0.3 is 5.97 Å². The normalized spacial score (nSPS) is 11.9. The second-order valence-electron chi connectivity index (χ2n) is 8.50. The Bertz CT molecular complexity index is 1370. The molecule has 0 aliphatic heterocycles. The number of H-pyrrole nitrogens is 1. The van der Waals surface area contributed by atoms with Gasteiger partial charge in [-0.15, -0.1) is 0 Å². The van der Waals surface area contributed by atoms with Gasteiger partial charge in [0.1, 0.15) is 5.75 Å². The molecule has 3 N–H and O–H groups in total. The van der Waals surface area contributed by atoms with Crippen LogP contribution >= 0.6 is 0 Å². The van der Waals surface area contributed by atoms with Crippen LogP contribution in [0, 0.1) is 0 Å². The smallest absolute Gasteiger partial charge is 0.336 e. The maximum absolute atomic E-state index is 13.1. The lowest BCUT2D eigenvalue weighted by molar-refractivity contribution is 0.0695. The van der Waals surface area contributed by atoms with E-state index in [4.69, 9.17) is 4.74 Å². The lowest BCUT2D eigenvalue weighted by Crippen LogP contribution is -2.23. The molecule has 1 amide bonds. The van der Waals surface area contributed by atoms with Crippen LogP contribution in [0.1, 0.15) is 65.0 Å². The summed E-state index contributed by atoms with van der Waals surface area (Å²) in [5.74, 6) is -0.865. The molecule has 0 fully saturated rings. The molecule has 0 aliphatic rings. The summed E-state index contributed by atoms with van der Waals surface area (Å²) >= 11 is 0. The van der Waals surface area contributed by atoms with Crippen LogP contribution in [0.4, 0.5) is 0 Å². The lowest BCUT2D eigenvalue weighted by atomic mass is 9.82. The molecule has 180 valence electrons. The van der Waals surface area contributed by atoms with E-state index in [0.29, 0.717) is 41.2 Å². The van der Waals surface area contributed by atoms with Crippen LogP contribution in [0.2, 0.25) is 0 Å². The highest BCUT2D eigenvalue weighted by Gasteiger charge is 2.25. The SMILES string of the molecule is CCCOc1ccc(-c2cccc(C(=O)O)c2C(C)c2c[nH]c3ccccc23)c(C(=O)NCC)c1. The number of hydrogen-bond acceptors (Lipinski definition) is 3. The van der Waals surface area contributed by atoms with Gasteiger partial charge in [-0.25, -0.2) is 4.79 Å². The van der Waals surface area contributed by atoms with Crippen molar-refractivity contribution in [3.63, 3.8) is 0 Å². The number of ether oxygens (including phenoxy) is 1. The summed E-state index contributed by atoms with van der Waals surface area (Å²) in [5, 5.41) is 14.0. The van der Waals surface area contributed by atoms with Crippen LogP contribution in [0.15, 0.2) is 66.9 Å². The Balaban J connectivity index is 1.93. The standard InChI is InChI=1S/C29H30N2O4/c1-4-15-35-19-13-14-20(24(16-19)28(32)30-5-2)22-10-8-11-23(29(33)34)27(22)18(3)25-17-31-26-12-7-6-9-21(25)26/h6-14,16-18,31H,4-5,15H2,1-3H3,(H,30,32)(H,33,34). The summed E-state index contributed by atoms with van der Waals surface area (Å²) < 4.78 is 5.78. The minimum atomic E-state index is -1.00. The number of aromatic amines is 1. The average Bonchev–Trinajstić information content (AvgIpc) is 3.31. The van der Waals surface area contributed by atoms with Crippen LogP contribution in [-0.2, 0) is 0 Å². The van der Waals surface area contributed by atoms with Crippen molar-refractivity contribution in [2.24, 2.45) is 0 Å². The van der Waals surface area contributed by atoms with Gasteiger partial charge in [0.05, 0.1) is 17.7 Å². The lowest BCUT2D eigenvalue weighted by Gasteiger charge is -2.21. The summed E-state index contributed by atoms with van der Waals surface area (Å²) in [6.45, 7) is 6.92. The van der Waals surface area contributed by atoms with Gasteiger partial charge in [-0.1, -0.05) is 44.2 Å². The van der Waals surface area contributed by atoms with E-state index >= 15 is 0 Å². The number of fused-ring (bicyclic) bond motifs is 1. The van der Waals surface area contributed by atoms with Crippen LogP contribution < -0.4 is 10.1 Å². The third kappa shape index (κ3) is 4.78. The predicted molar refractivity (Wildman–Crippen MR) is 138 cm³/mol. The third-order valence-electron chi connectivity index (χ3n) is 6.19. The Morgan fingerprint density at radius 3 is 2.54 bits per heavy atom. The molecule has 6 heteroatoms. The Hall–Kier alpha value is -4.06. The van der Waals surface area contributed by atoms with Crippen LogP contribution in [0.3, 0.4) is 0 Å². The first-order valence-electron chi connectivity index (χ1n) is 11.9. The molecule has 0 aliphatic carbocycles. The minimum absolute atomic E-state index is 0.216. The minimum Gasteiger partial charge on any atom is -0.494 e. The Morgan fingerprint density at radius 1 is 1.00 bits per heavy atom. The number of carbonyl (C=O) groups is 2. The molecule has 4 aromatic rings. The van der Waals surface area contributed by atoms with Gasteiger partial charge in [-0.05, 0) is 65.9 Å². The van der Waals surface area contributed by atoms with Crippen LogP contribution in [0.5, 0.6) is 5.75 Å². The van der Waals surface area contributed by atoms with E-state index in [0.717, 1.165) is 22.9 Å². The van der Waals surface area contributed by atoms with Crippen molar-refractivity contribution >= 4 is 22.8 Å².